The van der Waals surface area contributed by atoms with Gasteiger partial charge in [0, 0.05) is 17.5 Å². The third-order valence-electron chi connectivity index (χ3n) is 2.60. The van der Waals surface area contributed by atoms with E-state index in [1.54, 1.807) is 0 Å². The van der Waals surface area contributed by atoms with Crippen LogP contribution in [0.2, 0.25) is 0 Å². The van der Waals surface area contributed by atoms with Gasteiger partial charge >= 0.3 is 0 Å². The second kappa shape index (κ2) is 6.03. The molecule has 0 saturated carbocycles. The Labute approximate surface area is 113 Å². The molecule has 2 rings (SSSR count). The van der Waals surface area contributed by atoms with Crippen molar-refractivity contribution >= 4 is 31.9 Å². The number of benzene rings is 1. The summed E-state index contributed by atoms with van der Waals surface area (Å²) in [5.74, 6) is 0.940. The van der Waals surface area contributed by atoms with Crippen molar-refractivity contribution in [1.82, 2.24) is 0 Å². The number of para-hydroxylation sites is 1. The van der Waals surface area contributed by atoms with Gasteiger partial charge in [-0.25, -0.2) is 0 Å². The molecule has 1 saturated heterocycles. The number of ether oxygens (including phenoxy) is 2. The van der Waals surface area contributed by atoms with Crippen molar-refractivity contribution in [3.63, 3.8) is 0 Å². The van der Waals surface area contributed by atoms with E-state index in [2.05, 4.69) is 37.9 Å². The molecule has 1 aromatic rings. The number of hydrogen-bond donors (Lipinski definition) is 0. The van der Waals surface area contributed by atoms with Crippen LogP contribution in [0.5, 0.6) is 5.75 Å². The van der Waals surface area contributed by atoms with Gasteiger partial charge < -0.3 is 9.47 Å². The standard InChI is InChI=1S/C12H14Br2O2/c13-7-9-3-1-5-11(14)12(9)16-10-4-2-6-15-8-10/h1,3,5,10H,2,4,6-8H2. The van der Waals surface area contributed by atoms with Crippen molar-refractivity contribution in [1.29, 1.82) is 0 Å². The zero-order valence-corrected chi connectivity index (χ0v) is 12.1. The summed E-state index contributed by atoms with van der Waals surface area (Å²) in [4.78, 5) is 0. The Hall–Kier alpha value is -0.0600. The van der Waals surface area contributed by atoms with E-state index in [0.717, 1.165) is 35.0 Å². The van der Waals surface area contributed by atoms with E-state index < -0.39 is 0 Å². The first kappa shape index (κ1) is 12.4. The quantitative estimate of drug-likeness (QED) is 0.770. The lowest BCUT2D eigenvalue weighted by Gasteiger charge is -2.24. The average Bonchev–Trinajstić information content (AvgIpc) is 2.33. The van der Waals surface area contributed by atoms with Gasteiger partial charge in [-0.05, 0) is 34.8 Å². The SMILES string of the molecule is BrCc1cccc(Br)c1OC1CCCOC1. The number of rotatable bonds is 3. The Morgan fingerprint density at radius 1 is 1.44 bits per heavy atom. The number of alkyl halides is 1. The predicted octanol–water partition coefficient (Wildman–Crippen LogP) is 3.90. The van der Waals surface area contributed by atoms with E-state index in [1.165, 1.54) is 5.56 Å². The van der Waals surface area contributed by atoms with Crippen molar-refractivity contribution in [2.75, 3.05) is 13.2 Å². The van der Waals surface area contributed by atoms with E-state index >= 15 is 0 Å². The van der Waals surface area contributed by atoms with Crippen molar-refractivity contribution < 1.29 is 9.47 Å². The zero-order chi connectivity index (χ0) is 11.4. The van der Waals surface area contributed by atoms with Gasteiger partial charge in [0.15, 0.2) is 0 Å². The molecule has 0 bridgehead atoms. The summed E-state index contributed by atoms with van der Waals surface area (Å²) < 4.78 is 12.4. The minimum atomic E-state index is 0.185. The molecular formula is C12H14Br2O2. The maximum absolute atomic E-state index is 6.01. The molecule has 0 spiro atoms. The van der Waals surface area contributed by atoms with Crippen LogP contribution in [-0.2, 0) is 10.1 Å². The smallest absolute Gasteiger partial charge is 0.138 e. The first-order valence-electron chi connectivity index (χ1n) is 5.39. The van der Waals surface area contributed by atoms with Crippen molar-refractivity contribution in [3.05, 3.63) is 28.2 Å². The monoisotopic (exact) mass is 348 g/mol. The summed E-state index contributed by atoms with van der Waals surface area (Å²) in [7, 11) is 0. The molecular weight excluding hydrogens is 336 g/mol. The second-order valence-corrected chi connectivity index (χ2v) is 5.23. The molecule has 4 heteroatoms. The first-order valence-corrected chi connectivity index (χ1v) is 7.30. The third kappa shape index (κ3) is 2.99. The number of halogens is 2. The van der Waals surface area contributed by atoms with E-state index in [1.807, 2.05) is 12.1 Å². The zero-order valence-electron chi connectivity index (χ0n) is 8.92. The van der Waals surface area contributed by atoms with Crippen LogP contribution < -0.4 is 4.74 Å². The van der Waals surface area contributed by atoms with Gasteiger partial charge in [-0.1, -0.05) is 28.1 Å². The van der Waals surface area contributed by atoms with Gasteiger partial charge in [0.1, 0.15) is 11.9 Å². The molecule has 0 N–H and O–H groups in total. The summed E-state index contributed by atoms with van der Waals surface area (Å²) in [6.45, 7) is 1.56. The summed E-state index contributed by atoms with van der Waals surface area (Å²) in [6, 6.07) is 6.09. The van der Waals surface area contributed by atoms with E-state index in [0.29, 0.717) is 6.61 Å². The molecule has 0 amide bonds. The van der Waals surface area contributed by atoms with Crippen LogP contribution in [0.3, 0.4) is 0 Å². The van der Waals surface area contributed by atoms with Gasteiger partial charge in [0.25, 0.3) is 0 Å². The maximum Gasteiger partial charge on any atom is 0.138 e. The molecule has 1 atom stereocenters. The molecule has 1 unspecified atom stereocenters. The molecule has 1 fully saturated rings. The fourth-order valence-corrected chi connectivity index (χ4v) is 2.70. The van der Waals surface area contributed by atoms with E-state index in [4.69, 9.17) is 9.47 Å². The van der Waals surface area contributed by atoms with E-state index in [-0.39, 0.29) is 6.10 Å². The molecule has 1 aromatic carbocycles. The van der Waals surface area contributed by atoms with Crippen LogP contribution in [-0.4, -0.2) is 19.3 Å². The topological polar surface area (TPSA) is 18.5 Å². The highest BCUT2D eigenvalue weighted by Gasteiger charge is 2.18. The molecule has 0 aromatic heterocycles. The molecule has 1 aliphatic rings. The normalized spacial score (nSPS) is 20.8. The Balaban J connectivity index is 2.12. The Morgan fingerprint density at radius 3 is 3.00 bits per heavy atom. The van der Waals surface area contributed by atoms with Crippen LogP contribution >= 0.6 is 31.9 Å². The average molecular weight is 350 g/mol. The maximum atomic E-state index is 6.01. The number of hydrogen-bond acceptors (Lipinski definition) is 2. The molecule has 16 heavy (non-hydrogen) atoms. The Morgan fingerprint density at radius 2 is 2.31 bits per heavy atom. The molecule has 0 aliphatic carbocycles. The lowest BCUT2D eigenvalue weighted by molar-refractivity contribution is 0.00681. The second-order valence-electron chi connectivity index (χ2n) is 3.82. The molecule has 2 nitrogen and oxygen atoms in total. The summed E-state index contributed by atoms with van der Waals surface area (Å²) in [5.41, 5.74) is 1.17. The van der Waals surface area contributed by atoms with Crippen LogP contribution in [0.15, 0.2) is 22.7 Å². The van der Waals surface area contributed by atoms with Crippen molar-refractivity contribution in [2.45, 2.75) is 24.3 Å². The third-order valence-corrected chi connectivity index (χ3v) is 3.82. The van der Waals surface area contributed by atoms with Crippen LogP contribution in [0, 0.1) is 0 Å². The highest BCUT2D eigenvalue weighted by molar-refractivity contribution is 9.10. The highest BCUT2D eigenvalue weighted by Crippen LogP contribution is 2.32. The van der Waals surface area contributed by atoms with Gasteiger partial charge in [-0.3, -0.25) is 0 Å². The highest BCUT2D eigenvalue weighted by atomic mass is 79.9. The van der Waals surface area contributed by atoms with Crippen LogP contribution in [0.4, 0.5) is 0 Å². The van der Waals surface area contributed by atoms with Gasteiger partial charge in [0.2, 0.25) is 0 Å². The lowest BCUT2D eigenvalue weighted by atomic mass is 10.1. The lowest BCUT2D eigenvalue weighted by Crippen LogP contribution is -2.28. The van der Waals surface area contributed by atoms with Gasteiger partial charge in [-0.15, -0.1) is 0 Å². The van der Waals surface area contributed by atoms with E-state index in [9.17, 15) is 0 Å². The van der Waals surface area contributed by atoms with Crippen molar-refractivity contribution in [2.24, 2.45) is 0 Å². The Bertz CT molecular complexity index is 349. The van der Waals surface area contributed by atoms with Crippen LogP contribution in [0.25, 0.3) is 0 Å². The van der Waals surface area contributed by atoms with Crippen molar-refractivity contribution in [3.8, 4) is 5.75 Å². The van der Waals surface area contributed by atoms with Crippen LogP contribution in [0.1, 0.15) is 18.4 Å². The minimum Gasteiger partial charge on any atom is -0.487 e. The molecule has 1 aliphatic heterocycles. The summed E-state index contributed by atoms with van der Waals surface area (Å²) >= 11 is 7.00. The predicted molar refractivity (Wildman–Crippen MR) is 71.2 cm³/mol. The first-order chi connectivity index (χ1) is 7.81. The molecule has 88 valence electrons. The largest absolute Gasteiger partial charge is 0.487 e. The summed E-state index contributed by atoms with van der Waals surface area (Å²) in [6.07, 6.45) is 2.34. The molecule has 1 heterocycles. The summed E-state index contributed by atoms with van der Waals surface area (Å²) in [5, 5.41) is 0.801. The fourth-order valence-electron chi connectivity index (χ4n) is 1.76. The van der Waals surface area contributed by atoms with Gasteiger partial charge in [-0.2, -0.15) is 0 Å². The fraction of sp³-hybridized carbons (Fsp3) is 0.500. The molecule has 0 radical (unpaired) electrons. The minimum absolute atomic E-state index is 0.185. The van der Waals surface area contributed by atoms with Gasteiger partial charge in [0.05, 0.1) is 11.1 Å². The Kier molecular flexibility index (Phi) is 4.67.